The van der Waals surface area contributed by atoms with Crippen LogP contribution in [0.5, 0.6) is 0 Å². The number of fused-ring (bicyclic) bond motifs is 2. The first-order chi connectivity index (χ1) is 35.8. The Bertz CT molecular complexity index is 2880. The molecule has 0 saturated heterocycles. The first-order valence-corrected chi connectivity index (χ1v) is 29.4. The van der Waals surface area contributed by atoms with E-state index < -0.39 is 0 Å². The molecule has 0 spiro atoms. The molecule has 0 atom stereocenters. The number of thioether (sulfide) groups is 2. The van der Waals surface area contributed by atoms with Gasteiger partial charge in [-0.15, -0.1) is 0 Å². The molecular weight excluding hydrogens is 961 g/mol. The van der Waals surface area contributed by atoms with Crippen molar-refractivity contribution in [3.63, 3.8) is 0 Å². The number of hydrogen-bond acceptors (Lipinski definition) is 10. The summed E-state index contributed by atoms with van der Waals surface area (Å²) < 4.78 is 0. The van der Waals surface area contributed by atoms with E-state index in [-0.39, 0.29) is 39.9 Å². The van der Waals surface area contributed by atoms with Gasteiger partial charge < -0.3 is 9.80 Å². The van der Waals surface area contributed by atoms with Crippen LogP contribution in [0.1, 0.15) is 183 Å². The number of benzene rings is 6. The van der Waals surface area contributed by atoms with Gasteiger partial charge in [-0.1, -0.05) is 138 Å². The van der Waals surface area contributed by atoms with Crippen LogP contribution >= 0.6 is 23.5 Å². The Morgan fingerprint density at radius 3 is 1.24 bits per heavy atom. The molecule has 0 radical (unpaired) electrons. The van der Waals surface area contributed by atoms with Crippen molar-refractivity contribution in [1.82, 2.24) is 9.80 Å². The molecule has 2 aliphatic heterocycles. The van der Waals surface area contributed by atoms with Crippen LogP contribution in [0.4, 0.5) is 11.4 Å². The van der Waals surface area contributed by atoms with Gasteiger partial charge in [0.2, 0.25) is 0 Å². The van der Waals surface area contributed by atoms with Gasteiger partial charge in [0.1, 0.15) is 0 Å². The monoisotopic (exact) mass is 1040 g/mol. The highest BCUT2D eigenvalue weighted by atomic mass is 32.2. The van der Waals surface area contributed by atoms with Crippen molar-refractivity contribution >= 4 is 112 Å². The fourth-order valence-electron chi connectivity index (χ4n) is 11.7. The molecule has 2 heterocycles. The van der Waals surface area contributed by atoms with Gasteiger partial charge in [0, 0.05) is 111 Å². The highest BCUT2D eigenvalue weighted by Gasteiger charge is 2.39. The minimum absolute atomic E-state index is 0.189. The van der Waals surface area contributed by atoms with Gasteiger partial charge in [-0.3, -0.25) is 38.6 Å². The van der Waals surface area contributed by atoms with Gasteiger partial charge in [0.25, 0.3) is 23.6 Å². The molecule has 8 rings (SSSR count). The standard InChI is InChI=1S/C62H76N4O6S2/c1-41(67)73-38-21-17-13-9-7-11-15-19-25-44(26-20-16-12-8-10-14-18-22-39-74-42(2)68)66-61(71)52-34-30-48-46-28-32-50-57-51(33-29-47(55(46)57)49-31-35-53(62(66)72)58(52)56(48)49)60(70)65(59(50)69)37-23-24-43-40-45(63(3)4)27-36-54(43)64(5)6/h27-36,40,44H,7-26,37-39H2,1-6H3. The van der Waals surface area contributed by atoms with E-state index >= 15 is 0 Å². The Hall–Kier alpha value is -5.46. The number of carbonyl (C=O) groups is 6. The molecule has 0 N–H and O–H groups in total. The van der Waals surface area contributed by atoms with Crippen LogP contribution in [0.3, 0.4) is 0 Å². The number of aryl methyl sites for hydroxylation is 1. The zero-order chi connectivity index (χ0) is 52.5. The maximum absolute atomic E-state index is 14.9. The highest BCUT2D eigenvalue weighted by Crippen LogP contribution is 2.47. The van der Waals surface area contributed by atoms with Crippen LogP contribution in [0, 0.1) is 0 Å². The molecular formula is C62H76N4O6S2. The molecule has 2 aliphatic rings. The molecule has 0 aromatic heterocycles. The number of anilines is 2. The molecule has 6 aromatic rings. The molecule has 6 aromatic carbocycles. The summed E-state index contributed by atoms with van der Waals surface area (Å²) in [5, 5.41) is 7.03. The first-order valence-electron chi connectivity index (χ1n) is 27.5. The van der Waals surface area contributed by atoms with Crippen LogP contribution in [-0.2, 0) is 16.0 Å². The van der Waals surface area contributed by atoms with Crippen molar-refractivity contribution in [3.8, 4) is 0 Å². The highest BCUT2D eigenvalue weighted by molar-refractivity contribution is 8.13. The second-order valence-electron chi connectivity index (χ2n) is 21.2. The van der Waals surface area contributed by atoms with Gasteiger partial charge in [-0.25, -0.2) is 0 Å². The third-order valence-electron chi connectivity index (χ3n) is 15.5. The van der Waals surface area contributed by atoms with Crippen LogP contribution in [-0.4, -0.2) is 95.9 Å². The maximum Gasteiger partial charge on any atom is 0.261 e. The van der Waals surface area contributed by atoms with Gasteiger partial charge in [-0.05, 0) is 119 Å². The van der Waals surface area contributed by atoms with Gasteiger partial charge in [0.05, 0.1) is 0 Å². The Kier molecular flexibility index (Phi) is 18.8. The van der Waals surface area contributed by atoms with Crippen molar-refractivity contribution in [2.75, 3.05) is 56.0 Å². The van der Waals surface area contributed by atoms with Crippen LogP contribution < -0.4 is 9.80 Å². The lowest BCUT2D eigenvalue weighted by Crippen LogP contribution is -2.47. The largest absolute Gasteiger partial charge is 0.378 e. The molecule has 12 heteroatoms. The Morgan fingerprint density at radius 2 is 0.851 bits per heavy atom. The average Bonchev–Trinajstić information content (AvgIpc) is 3.38. The average molecular weight is 1040 g/mol. The van der Waals surface area contributed by atoms with Gasteiger partial charge in [-0.2, -0.15) is 0 Å². The van der Waals surface area contributed by atoms with E-state index in [1.165, 1.54) is 54.1 Å². The summed E-state index contributed by atoms with van der Waals surface area (Å²) in [7, 11) is 8.10. The molecule has 392 valence electrons. The molecule has 0 bridgehead atoms. The second-order valence-corrected chi connectivity index (χ2v) is 23.7. The number of carbonyl (C=O) groups excluding carboxylic acids is 6. The predicted molar refractivity (Wildman–Crippen MR) is 310 cm³/mol. The minimum Gasteiger partial charge on any atom is -0.378 e. The van der Waals surface area contributed by atoms with Crippen molar-refractivity contribution in [2.45, 2.75) is 148 Å². The van der Waals surface area contributed by atoms with E-state index in [1.54, 1.807) is 18.7 Å². The second kappa shape index (κ2) is 25.4. The number of hydrogen-bond donors (Lipinski definition) is 0. The van der Waals surface area contributed by atoms with E-state index in [0.717, 1.165) is 151 Å². The van der Waals surface area contributed by atoms with Crippen molar-refractivity contribution in [2.24, 2.45) is 0 Å². The number of nitrogens with zero attached hydrogens (tertiary/aromatic N) is 4. The Morgan fingerprint density at radius 1 is 0.459 bits per heavy atom. The van der Waals surface area contributed by atoms with Crippen LogP contribution in [0.15, 0.2) is 66.7 Å². The lowest BCUT2D eigenvalue weighted by molar-refractivity contribution is -0.109. The fraction of sp³-hybridized carbons (Fsp3) is 0.484. The predicted octanol–water partition coefficient (Wildman–Crippen LogP) is 14.6. The van der Waals surface area contributed by atoms with Gasteiger partial charge in [0.15, 0.2) is 10.2 Å². The molecule has 10 nitrogen and oxygen atoms in total. The fourth-order valence-corrected chi connectivity index (χ4v) is 13.0. The summed E-state index contributed by atoms with van der Waals surface area (Å²) in [6.07, 6.45) is 20.7. The SMILES string of the molecule is CC(=O)SCCCCCCCCCCC(CCCCCCCCCCSC(C)=O)N1C(=O)c2ccc3c4ccc5c6c(ccc(c7ccc(c2c37)C1=O)c64)C(=O)N(CCCc1cc(N(C)C)ccc1N(C)C)C5=O. The van der Waals surface area contributed by atoms with E-state index in [4.69, 9.17) is 0 Å². The van der Waals surface area contributed by atoms with Crippen LogP contribution in [0.2, 0.25) is 0 Å². The number of imide groups is 2. The molecule has 74 heavy (non-hydrogen) atoms. The minimum atomic E-state index is -0.288. The summed E-state index contributed by atoms with van der Waals surface area (Å²) >= 11 is 2.83. The van der Waals surface area contributed by atoms with Crippen LogP contribution in [0.25, 0.3) is 43.1 Å². The number of unbranched alkanes of at least 4 members (excludes halogenated alkanes) is 14. The lowest BCUT2D eigenvalue weighted by Gasteiger charge is -2.35. The molecule has 0 saturated carbocycles. The number of amides is 4. The third-order valence-corrected chi connectivity index (χ3v) is 17.3. The quantitative estimate of drug-likeness (QED) is 0.0195. The van der Waals surface area contributed by atoms with E-state index in [0.29, 0.717) is 52.4 Å². The summed E-state index contributed by atoms with van der Waals surface area (Å²) in [4.78, 5) is 88.3. The summed E-state index contributed by atoms with van der Waals surface area (Å²) in [5.74, 6) is 0.781. The van der Waals surface area contributed by atoms with E-state index in [1.807, 2.05) is 76.7 Å². The Labute approximate surface area is 447 Å². The zero-order valence-corrected chi connectivity index (χ0v) is 46.4. The summed E-state index contributed by atoms with van der Waals surface area (Å²) in [6.45, 7) is 3.56. The Balaban J connectivity index is 0.995. The van der Waals surface area contributed by atoms with Gasteiger partial charge >= 0.3 is 0 Å². The lowest BCUT2D eigenvalue weighted by atomic mass is 9.82. The summed E-state index contributed by atoms with van der Waals surface area (Å²) in [5.41, 5.74) is 5.50. The first kappa shape index (κ1) is 54.8. The van der Waals surface area contributed by atoms with E-state index in [2.05, 4.69) is 28.0 Å². The zero-order valence-electron chi connectivity index (χ0n) is 44.7. The number of rotatable bonds is 29. The molecule has 0 unspecified atom stereocenters. The van der Waals surface area contributed by atoms with Crippen molar-refractivity contribution in [3.05, 3.63) is 94.5 Å². The van der Waals surface area contributed by atoms with E-state index in [9.17, 15) is 28.8 Å². The summed E-state index contributed by atoms with van der Waals surface area (Å²) in [6, 6.07) is 21.7. The maximum atomic E-state index is 14.9. The van der Waals surface area contributed by atoms with Crippen molar-refractivity contribution < 1.29 is 28.8 Å². The third kappa shape index (κ3) is 12.1. The normalized spacial score (nSPS) is 13.6. The molecule has 0 fully saturated rings. The smallest absolute Gasteiger partial charge is 0.261 e. The topological polar surface area (TPSA) is 115 Å². The molecule has 0 aliphatic carbocycles. The van der Waals surface area contributed by atoms with Crippen molar-refractivity contribution in [1.29, 1.82) is 0 Å². The molecule has 4 amide bonds.